The molecule has 2 aliphatic rings. The number of aryl methyl sites for hydroxylation is 1. The fraction of sp³-hybridized carbons (Fsp3) is 0.625. The van der Waals surface area contributed by atoms with E-state index >= 15 is 0 Å². The number of halogens is 2. The van der Waals surface area contributed by atoms with E-state index in [2.05, 4.69) is 0 Å². The highest BCUT2D eigenvalue weighted by Gasteiger charge is 2.43. The van der Waals surface area contributed by atoms with Crippen molar-refractivity contribution in [1.29, 1.82) is 0 Å². The van der Waals surface area contributed by atoms with E-state index < -0.39 is 17.7 Å². The minimum Gasteiger partial charge on any atom is -0.388 e. The molecule has 0 amide bonds. The largest absolute Gasteiger partial charge is 0.388 e. The second-order valence-corrected chi connectivity index (χ2v) is 6.12. The molecular weight excluding hydrogens is 278 g/mol. The Morgan fingerprint density at radius 1 is 1.33 bits per heavy atom. The van der Waals surface area contributed by atoms with Crippen LogP contribution in [0.2, 0.25) is 0 Å². The summed E-state index contributed by atoms with van der Waals surface area (Å²) in [7, 11) is 0. The zero-order chi connectivity index (χ0) is 15.0. The van der Waals surface area contributed by atoms with Gasteiger partial charge < -0.3 is 14.6 Å². The van der Waals surface area contributed by atoms with Gasteiger partial charge in [0.25, 0.3) is 0 Å². The Morgan fingerprint density at radius 2 is 2.14 bits per heavy atom. The quantitative estimate of drug-likeness (QED) is 0.912. The minimum atomic E-state index is -1.15. The van der Waals surface area contributed by atoms with Gasteiger partial charge in [0, 0.05) is 19.6 Å². The maximum absolute atomic E-state index is 14.2. The van der Waals surface area contributed by atoms with E-state index in [0.717, 1.165) is 6.42 Å². The van der Waals surface area contributed by atoms with Gasteiger partial charge in [-0.15, -0.1) is 0 Å². The van der Waals surface area contributed by atoms with Crippen molar-refractivity contribution in [2.24, 2.45) is 5.92 Å². The van der Waals surface area contributed by atoms with Gasteiger partial charge in [0.05, 0.1) is 23.9 Å². The molecule has 5 heteroatoms. The monoisotopic (exact) mass is 298 g/mol. The highest BCUT2D eigenvalue weighted by molar-refractivity contribution is 5.29. The topological polar surface area (TPSA) is 38.7 Å². The minimum absolute atomic E-state index is 0.212. The lowest BCUT2D eigenvalue weighted by atomic mass is 9.80. The summed E-state index contributed by atoms with van der Waals surface area (Å²) in [6.07, 6.45) is 0.789. The van der Waals surface area contributed by atoms with Crippen molar-refractivity contribution in [3.8, 4) is 0 Å². The summed E-state index contributed by atoms with van der Waals surface area (Å²) in [5.74, 6) is -1.55. The van der Waals surface area contributed by atoms with E-state index in [-0.39, 0.29) is 17.1 Å². The summed E-state index contributed by atoms with van der Waals surface area (Å²) < 4.78 is 39.3. The molecule has 0 radical (unpaired) electrons. The van der Waals surface area contributed by atoms with Gasteiger partial charge in [-0.05, 0) is 37.3 Å². The van der Waals surface area contributed by atoms with Crippen LogP contribution in [0.3, 0.4) is 0 Å². The lowest BCUT2D eigenvalue weighted by Crippen LogP contribution is -2.42. The fourth-order valence-electron chi connectivity index (χ4n) is 3.38. The van der Waals surface area contributed by atoms with E-state index in [4.69, 9.17) is 9.47 Å². The van der Waals surface area contributed by atoms with Gasteiger partial charge >= 0.3 is 0 Å². The average molecular weight is 298 g/mol. The first-order valence-corrected chi connectivity index (χ1v) is 7.37. The molecule has 116 valence electrons. The maximum Gasteiger partial charge on any atom is 0.134 e. The molecule has 0 saturated carbocycles. The van der Waals surface area contributed by atoms with Crippen molar-refractivity contribution >= 4 is 0 Å². The highest BCUT2D eigenvalue weighted by atomic mass is 19.1. The Labute approximate surface area is 122 Å². The highest BCUT2D eigenvalue weighted by Crippen LogP contribution is 2.42. The van der Waals surface area contributed by atoms with Gasteiger partial charge in [0.15, 0.2) is 0 Å². The average Bonchev–Trinajstić information content (AvgIpc) is 2.91. The van der Waals surface area contributed by atoms with Crippen molar-refractivity contribution in [3.05, 3.63) is 34.9 Å². The number of hydrogen-bond donors (Lipinski definition) is 1. The zero-order valence-electron chi connectivity index (χ0n) is 12.1. The predicted molar refractivity (Wildman–Crippen MR) is 72.9 cm³/mol. The molecule has 0 bridgehead atoms. The van der Waals surface area contributed by atoms with Gasteiger partial charge in [-0.1, -0.05) is 6.07 Å². The first-order valence-electron chi connectivity index (χ1n) is 7.37. The normalized spacial score (nSPS) is 30.8. The molecule has 1 aromatic rings. The molecule has 3 nitrogen and oxygen atoms in total. The van der Waals surface area contributed by atoms with Crippen molar-refractivity contribution in [3.63, 3.8) is 0 Å². The van der Waals surface area contributed by atoms with E-state index in [1.54, 1.807) is 6.92 Å². The Kier molecular flexibility index (Phi) is 3.99. The molecule has 21 heavy (non-hydrogen) atoms. The molecule has 1 N–H and O–H groups in total. The Balaban J connectivity index is 1.85. The van der Waals surface area contributed by atoms with Crippen LogP contribution in [0.5, 0.6) is 0 Å². The molecular formula is C16H20F2O3. The summed E-state index contributed by atoms with van der Waals surface area (Å²) in [6, 6.07) is 2.60. The standard InChI is InChI=1S/C16H20F2O3/c1-10-2-3-12(17)13(14(10)18)15(19)11-4-6-21-16(8-11)5-7-20-9-16/h2-3,11,15,19H,4-9H2,1H3. The third-order valence-electron chi connectivity index (χ3n) is 4.66. The van der Waals surface area contributed by atoms with Crippen LogP contribution in [0.4, 0.5) is 8.78 Å². The smallest absolute Gasteiger partial charge is 0.134 e. The molecule has 2 heterocycles. The summed E-state index contributed by atoms with van der Waals surface area (Å²) in [4.78, 5) is 0. The molecule has 1 aromatic carbocycles. The molecule has 0 aliphatic carbocycles. The molecule has 2 fully saturated rings. The van der Waals surface area contributed by atoms with Crippen molar-refractivity contribution in [2.45, 2.75) is 37.9 Å². The molecule has 0 aromatic heterocycles. The number of ether oxygens (including phenoxy) is 2. The summed E-state index contributed by atoms with van der Waals surface area (Å²) in [5, 5.41) is 10.5. The maximum atomic E-state index is 14.2. The summed E-state index contributed by atoms with van der Waals surface area (Å²) >= 11 is 0. The molecule has 1 spiro atoms. The number of hydrogen-bond acceptors (Lipinski definition) is 3. The van der Waals surface area contributed by atoms with Crippen LogP contribution in [0.1, 0.15) is 36.5 Å². The summed E-state index contributed by atoms with van der Waals surface area (Å²) in [6.45, 7) is 3.19. The fourth-order valence-corrected chi connectivity index (χ4v) is 3.38. The first-order chi connectivity index (χ1) is 10.0. The van der Waals surface area contributed by atoms with Crippen LogP contribution in [0.15, 0.2) is 12.1 Å². The van der Waals surface area contributed by atoms with Crippen molar-refractivity contribution in [1.82, 2.24) is 0 Å². The number of benzene rings is 1. The predicted octanol–water partition coefficient (Wildman–Crippen LogP) is 2.89. The van der Waals surface area contributed by atoms with E-state index in [1.807, 2.05) is 0 Å². The van der Waals surface area contributed by atoms with E-state index in [1.165, 1.54) is 12.1 Å². The van der Waals surface area contributed by atoms with Gasteiger partial charge in [0.2, 0.25) is 0 Å². The second-order valence-electron chi connectivity index (χ2n) is 6.12. The number of rotatable bonds is 2. The number of aliphatic hydroxyl groups excluding tert-OH is 1. The molecule has 2 saturated heterocycles. The Bertz CT molecular complexity index is 526. The lowest BCUT2D eigenvalue weighted by molar-refractivity contribution is -0.117. The van der Waals surface area contributed by atoms with Crippen LogP contribution in [-0.4, -0.2) is 30.5 Å². The van der Waals surface area contributed by atoms with Crippen molar-refractivity contribution in [2.75, 3.05) is 19.8 Å². The van der Waals surface area contributed by atoms with Crippen LogP contribution in [-0.2, 0) is 9.47 Å². The molecule has 3 unspecified atom stereocenters. The van der Waals surface area contributed by atoms with E-state index in [0.29, 0.717) is 38.2 Å². The second kappa shape index (κ2) is 5.63. The van der Waals surface area contributed by atoms with Gasteiger partial charge in [-0.25, -0.2) is 8.78 Å². The van der Waals surface area contributed by atoms with Gasteiger partial charge in [-0.3, -0.25) is 0 Å². The van der Waals surface area contributed by atoms with Crippen LogP contribution in [0, 0.1) is 24.5 Å². The Hall–Kier alpha value is -1.04. The van der Waals surface area contributed by atoms with Crippen molar-refractivity contribution < 1.29 is 23.4 Å². The third-order valence-corrected chi connectivity index (χ3v) is 4.66. The molecule has 3 rings (SSSR count). The summed E-state index contributed by atoms with van der Waals surface area (Å²) in [5.41, 5.74) is -0.256. The van der Waals surface area contributed by atoms with Crippen LogP contribution in [0.25, 0.3) is 0 Å². The van der Waals surface area contributed by atoms with Crippen LogP contribution < -0.4 is 0 Å². The number of aliphatic hydroxyl groups is 1. The van der Waals surface area contributed by atoms with E-state index in [9.17, 15) is 13.9 Å². The zero-order valence-corrected chi connectivity index (χ0v) is 12.1. The van der Waals surface area contributed by atoms with Crippen LogP contribution >= 0.6 is 0 Å². The lowest BCUT2D eigenvalue weighted by Gasteiger charge is -2.39. The third kappa shape index (κ3) is 2.70. The first kappa shape index (κ1) is 14.9. The Morgan fingerprint density at radius 3 is 2.86 bits per heavy atom. The molecule has 2 aliphatic heterocycles. The van der Waals surface area contributed by atoms with Gasteiger partial charge in [0.1, 0.15) is 11.6 Å². The SMILES string of the molecule is Cc1ccc(F)c(C(O)C2CCOC3(CCOC3)C2)c1F. The van der Waals surface area contributed by atoms with Gasteiger partial charge in [-0.2, -0.15) is 0 Å². The molecule has 3 atom stereocenters.